The maximum absolute atomic E-state index is 12.0. The molecule has 0 saturated heterocycles. The summed E-state index contributed by atoms with van der Waals surface area (Å²) in [5, 5.41) is 2.23. The molecule has 6 nitrogen and oxygen atoms in total. The van der Waals surface area contributed by atoms with Crippen LogP contribution in [0.4, 0.5) is 5.13 Å². The molecule has 3 rings (SSSR count). The molecule has 8 heteroatoms. The highest BCUT2D eigenvalue weighted by atomic mass is 32.2. The minimum Gasteiger partial charge on any atom is -0.328 e. The Balaban J connectivity index is 1.83. The lowest BCUT2D eigenvalue weighted by atomic mass is 10.3. The van der Waals surface area contributed by atoms with Crippen LogP contribution < -0.4 is 10.3 Å². The van der Waals surface area contributed by atoms with Crippen molar-refractivity contribution >= 4 is 26.5 Å². The van der Waals surface area contributed by atoms with Gasteiger partial charge in [-0.15, -0.1) is 11.3 Å². The summed E-state index contributed by atoms with van der Waals surface area (Å²) in [6.45, 7) is 0. The van der Waals surface area contributed by atoms with Gasteiger partial charge in [-0.25, -0.2) is 13.4 Å². The van der Waals surface area contributed by atoms with Crippen molar-refractivity contribution in [3.05, 3.63) is 39.8 Å². The topological polar surface area (TPSA) is 91.9 Å². The normalized spacial score (nSPS) is 15.4. The number of aromatic nitrogens is 2. The SMILES string of the molecule is O=c1ccc(S(=O)(=O)Nc2nc(C3CC3)cs2)c[nH]1. The van der Waals surface area contributed by atoms with E-state index < -0.39 is 10.0 Å². The highest BCUT2D eigenvalue weighted by molar-refractivity contribution is 7.93. The zero-order valence-electron chi connectivity index (χ0n) is 9.79. The number of pyridine rings is 1. The third-order valence-electron chi connectivity index (χ3n) is 2.81. The van der Waals surface area contributed by atoms with Crippen molar-refractivity contribution in [2.24, 2.45) is 0 Å². The molecular formula is C11H11N3O3S2. The van der Waals surface area contributed by atoms with Crippen molar-refractivity contribution < 1.29 is 8.42 Å². The van der Waals surface area contributed by atoms with Gasteiger partial charge in [-0.3, -0.25) is 9.52 Å². The van der Waals surface area contributed by atoms with Crippen molar-refractivity contribution in [3.8, 4) is 0 Å². The predicted octanol–water partition coefficient (Wildman–Crippen LogP) is 1.51. The first-order valence-corrected chi connectivity index (χ1v) is 8.08. The highest BCUT2D eigenvalue weighted by Crippen LogP contribution is 2.41. The van der Waals surface area contributed by atoms with E-state index >= 15 is 0 Å². The zero-order valence-corrected chi connectivity index (χ0v) is 11.4. The summed E-state index contributed by atoms with van der Waals surface area (Å²) in [5.41, 5.74) is 0.605. The Labute approximate surface area is 113 Å². The number of sulfonamides is 1. The molecule has 0 spiro atoms. The van der Waals surface area contributed by atoms with Crippen molar-refractivity contribution in [2.45, 2.75) is 23.7 Å². The van der Waals surface area contributed by atoms with E-state index in [1.54, 1.807) is 0 Å². The van der Waals surface area contributed by atoms with Crippen LogP contribution in [-0.4, -0.2) is 18.4 Å². The molecule has 0 bridgehead atoms. The van der Waals surface area contributed by atoms with Gasteiger partial charge in [0.05, 0.1) is 5.69 Å². The molecule has 2 N–H and O–H groups in total. The first-order valence-electron chi connectivity index (χ1n) is 5.71. The molecule has 19 heavy (non-hydrogen) atoms. The van der Waals surface area contributed by atoms with Crippen molar-refractivity contribution in [2.75, 3.05) is 4.72 Å². The van der Waals surface area contributed by atoms with Gasteiger partial charge in [0.1, 0.15) is 4.90 Å². The van der Waals surface area contributed by atoms with Crippen LogP contribution in [0.25, 0.3) is 0 Å². The van der Waals surface area contributed by atoms with Crippen LogP contribution in [0.2, 0.25) is 0 Å². The first kappa shape index (κ1) is 12.4. The van der Waals surface area contributed by atoms with Crippen LogP contribution >= 0.6 is 11.3 Å². The molecule has 0 radical (unpaired) electrons. The molecule has 1 aliphatic carbocycles. The van der Waals surface area contributed by atoms with Crippen molar-refractivity contribution in [3.63, 3.8) is 0 Å². The molecule has 2 aromatic heterocycles. The van der Waals surface area contributed by atoms with Gasteiger partial charge in [0, 0.05) is 23.6 Å². The number of H-pyrrole nitrogens is 1. The van der Waals surface area contributed by atoms with E-state index in [2.05, 4.69) is 14.7 Å². The summed E-state index contributed by atoms with van der Waals surface area (Å²) in [6.07, 6.45) is 3.41. The van der Waals surface area contributed by atoms with E-state index in [-0.39, 0.29) is 10.5 Å². The summed E-state index contributed by atoms with van der Waals surface area (Å²) in [7, 11) is -3.69. The lowest BCUT2D eigenvalue weighted by Crippen LogP contribution is -2.15. The molecule has 0 aliphatic heterocycles. The molecule has 0 atom stereocenters. The van der Waals surface area contributed by atoms with Crippen LogP contribution in [-0.2, 0) is 10.0 Å². The number of hydrogen-bond acceptors (Lipinski definition) is 5. The predicted molar refractivity (Wildman–Crippen MR) is 72.0 cm³/mol. The van der Waals surface area contributed by atoms with Crippen molar-refractivity contribution in [1.29, 1.82) is 0 Å². The molecule has 0 aromatic carbocycles. The molecular weight excluding hydrogens is 286 g/mol. The van der Waals surface area contributed by atoms with Crippen LogP contribution in [0.3, 0.4) is 0 Å². The number of nitrogens with one attached hydrogen (secondary N) is 2. The Morgan fingerprint density at radius 1 is 1.37 bits per heavy atom. The summed E-state index contributed by atoms with van der Waals surface area (Å²) in [6, 6.07) is 2.43. The number of nitrogens with zero attached hydrogens (tertiary/aromatic N) is 1. The van der Waals surface area contributed by atoms with E-state index in [1.807, 2.05) is 5.38 Å². The van der Waals surface area contributed by atoms with Crippen LogP contribution in [0.5, 0.6) is 0 Å². The number of thiazole rings is 1. The third kappa shape index (κ3) is 2.69. The lowest BCUT2D eigenvalue weighted by Gasteiger charge is -2.03. The van der Waals surface area contributed by atoms with E-state index in [4.69, 9.17) is 0 Å². The summed E-state index contributed by atoms with van der Waals surface area (Å²) in [5.74, 6) is 0.489. The van der Waals surface area contributed by atoms with E-state index in [0.717, 1.165) is 18.5 Å². The molecule has 0 unspecified atom stereocenters. The first-order chi connectivity index (χ1) is 9.04. The van der Waals surface area contributed by atoms with E-state index in [9.17, 15) is 13.2 Å². The minimum absolute atomic E-state index is 0.00951. The molecule has 0 amide bonds. The Bertz CT molecular complexity index is 739. The Morgan fingerprint density at radius 2 is 2.16 bits per heavy atom. The maximum atomic E-state index is 12.0. The summed E-state index contributed by atoms with van der Waals surface area (Å²) < 4.78 is 26.5. The fraction of sp³-hybridized carbons (Fsp3) is 0.273. The van der Waals surface area contributed by atoms with Crippen LogP contribution in [0, 0.1) is 0 Å². The van der Waals surface area contributed by atoms with Gasteiger partial charge < -0.3 is 4.98 Å². The van der Waals surface area contributed by atoms with Gasteiger partial charge in [-0.1, -0.05) is 0 Å². The van der Waals surface area contributed by atoms with Gasteiger partial charge in [-0.05, 0) is 18.9 Å². The Hall–Kier alpha value is -1.67. The summed E-state index contributed by atoms with van der Waals surface area (Å²) >= 11 is 1.27. The Kier molecular flexibility index (Phi) is 2.90. The average molecular weight is 297 g/mol. The number of aromatic amines is 1. The molecule has 100 valence electrons. The fourth-order valence-corrected chi connectivity index (χ4v) is 3.65. The molecule has 2 aromatic rings. The standard InChI is InChI=1S/C11H11N3O3S2/c15-10-4-3-8(5-12-10)19(16,17)14-11-13-9(6-18-11)7-1-2-7/h3-7H,1-2H2,(H,12,15)(H,13,14). The number of rotatable bonds is 4. The molecule has 1 fully saturated rings. The van der Waals surface area contributed by atoms with Gasteiger partial charge in [0.2, 0.25) is 5.56 Å². The quantitative estimate of drug-likeness (QED) is 0.894. The monoisotopic (exact) mass is 297 g/mol. The van der Waals surface area contributed by atoms with Crippen molar-refractivity contribution in [1.82, 2.24) is 9.97 Å². The smallest absolute Gasteiger partial charge is 0.265 e. The second-order valence-corrected chi connectivity index (χ2v) is 6.89. The lowest BCUT2D eigenvalue weighted by molar-refractivity contribution is 0.600. The largest absolute Gasteiger partial charge is 0.328 e. The van der Waals surface area contributed by atoms with E-state index in [0.29, 0.717) is 11.0 Å². The summed E-state index contributed by atoms with van der Waals surface area (Å²) in [4.78, 5) is 17.5. The molecule has 2 heterocycles. The molecule has 1 saturated carbocycles. The third-order valence-corrected chi connectivity index (χ3v) is 5.05. The van der Waals surface area contributed by atoms with Crippen LogP contribution in [0.15, 0.2) is 33.4 Å². The number of anilines is 1. The van der Waals surface area contributed by atoms with Gasteiger partial charge in [0.15, 0.2) is 5.13 Å². The van der Waals surface area contributed by atoms with E-state index in [1.165, 1.54) is 29.7 Å². The average Bonchev–Trinajstić information content (AvgIpc) is 3.11. The van der Waals surface area contributed by atoms with Gasteiger partial charge in [0.25, 0.3) is 10.0 Å². The highest BCUT2D eigenvalue weighted by Gasteiger charge is 2.26. The number of hydrogen-bond donors (Lipinski definition) is 2. The Morgan fingerprint density at radius 3 is 2.79 bits per heavy atom. The minimum atomic E-state index is -3.69. The van der Waals surface area contributed by atoms with Gasteiger partial charge in [-0.2, -0.15) is 0 Å². The maximum Gasteiger partial charge on any atom is 0.265 e. The second kappa shape index (κ2) is 4.46. The van der Waals surface area contributed by atoms with Gasteiger partial charge >= 0.3 is 0 Å². The molecule has 1 aliphatic rings. The van der Waals surface area contributed by atoms with Crippen LogP contribution in [0.1, 0.15) is 24.5 Å². The second-order valence-electron chi connectivity index (χ2n) is 4.35. The fourth-order valence-electron chi connectivity index (χ4n) is 1.64. The zero-order chi connectivity index (χ0) is 13.5.